The largest absolute Gasteiger partial charge is 0.357 e. The summed E-state index contributed by atoms with van der Waals surface area (Å²) in [5.41, 5.74) is 6.56. The molecule has 3 N–H and O–H groups in total. The van der Waals surface area contributed by atoms with Crippen LogP contribution >= 0.6 is 11.6 Å². The highest BCUT2D eigenvalue weighted by Gasteiger charge is 2.21. The van der Waals surface area contributed by atoms with Crippen LogP contribution in [0.4, 0.5) is 5.82 Å². The maximum absolute atomic E-state index is 13.3. The molecule has 0 radical (unpaired) electrons. The van der Waals surface area contributed by atoms with Crippen LogP contribution in [0.25, 0.3) is 16.6 Å². The van der Waals surface area contributed by atoms with Gasteiger partial charge >= 0.3 is 0 Å². The molecule has 0 saturated carbocycles. The molecule has 0 saturated heterocycles. The first-order valence-electron chi connectivity index (χ1n) is 9.04. The van der Waals surface area contributed by atoms with Crippen LogP contribution in [-0.4, -0.2) is 49.4 Å². The Morgan fingerprint density at radius 2 is 2.17 bits per heavy atom. The van der Waals surface area contributed by atoms with Gasteiger partial charge in [0, 0.05) is 32.5 Å². The molecule has 0 aliphatic heterocycles. The minimum absolute atomic E-state index is 0.256. The van der Waals surface area contributed by atoms with Crippen LogP contribution in [0.15, 0.2) is 41.7 Å². The zero-order valence-electron chi connectivity index (χ0n) is 15.9. The van der Waals surface area contributed by atoms with Gasteiger partial charge in [0.15, 0.2) is 17.3 Å². The molecule has 0 spiro atoms. The molecule has 150 valence electrons. The van der Waals surface area contributed by atoms with Gasteiger partial charge in [-0.2, -0.15) is 5.10 Å². The van der Waals surface area contributed by atoms with E-state index >= 15 is 0 Å². The zero-order valence-corrected chi connectivity index (χ0v) is 16.7. The van der Waals surface area contributed by atoms with Crippen molar-refractivity contribution in [2.45, 2.75) is 13.0 Å². The van der Waals surface area contributed by atoms with Crippen molar-refractivity contribution >= 4 is 34.0 Å². The number of likely N-dealkylation sites (N-methyl/N-ethyl adjacent to an activating group) is 1. The van der Waals surface area contributed by atoms with Crippen molar-refractivity contribution in [2.75, 3.05) is 30.5 Å². The number of nitrogens with zero attached hydrogens (tertiary/aromatic N) is 7. The number of benzene rings is 1. The first-order chi connectivity index (χ1) is 14.0. The fraction of sp³-hybridized carbons (Fsp3) is 0.278. The van der Waals surface area contributed by atoms with Crippen molar-refractivity contribution in [2.24, 2.45) is 5.73 Å². The third kappa shape index (κ3) is 3.36. The molecule has 29 heavy (non-hydrogen) atoms. The van der Waals surface area contributed by atoms with Gasteiger partial charge in [0.25, 0.3) is 5.56 Å². The number of imidazole rings is 1. The van der Waals surface area contributed by atoms with E-state index < -0.39 is 0 Å². The van der Waals surface area contributed by atoms with E-state index in [9.17, 15) is 4.79 Å². The maximum Gasteiger partial charge on any atom is 0.281 e. The molecule has 0 aliphatic carbocycles. The quantitative estimate of drug-likeness (QED) is 0.483. The second kappa shape index (κ2) is 7.64. The van der Waals surface area contributed by atoms with Gasteiger partial charge in [-0.05, 0) is 19.1 Å². The molecular formula is C18H20ClN9O. The molecule has 1 atom stereocenters. The fourth-order valence-electron chi connectivity index (χ4n) is 3.22. The van der Waals surface area contributed by atoms with E-state index in [0.29, 0.717) is 46.3 Å². The highest BCUT2D eigenvalue weighted by Crippen LogP contribution is 2.23. The van der Waals surface area contributed by atoms with Crippen molar-refractivity contribution in [1.82, 2.24) is 29.2 Å². The first kappa shape index (κ1) is 19.1. The number of hydrogen-bond donors (Lipinski definition) is 2. The molecule has 3 heterocycles. The number of nitrogens with one attached hydrogen (secondary N) is 1. The Kier molecular flexibility index (Phi) is 5.03. The Balaban J connectivity index is 1.86. The number of hydrogen-bond acceptors (Lipinski definition) is 8. The van der Waals surface area contributed by atoms with Gasteiger partial charge in [0.2, 0.25) is 0 Å². The summed E-state index contributed by atoms with van der Waals surface area (Å²) in [6.07, 6.45) is 4.81. The van der Waals surface area contributed by atoms with E-state index in [1.165, 1.54) is 11.0 Å². The van der Waals surface area contributed by atoms with E-state index in [2.05, 4.69) is 20.4 Å². The predicted octanol–water partition coefficient (Wildman–Crippen LogP) is 1.19. The summed E-state index contributed by atoms with van der Waals surface area (Å²) in [4.78, 5) is 26.6. The SMILES string of the molecule is CC(Nc1ncnn2ccnc12)c1nc2cccc(Cl)c2c(=O)n1N(C)CCN. The standard InChI is InChI=1S/C18H20ClN9O/c1-11(24-15-17-21-7-9-27(17)23-10-22-15)16-25-13-5-3-4-12(19)14(13)18(29)28(16)26(2)8-6-20/h3-5,7,9-11H,6,8,20H2,1-2H3,(H,22,23,24). The number of rotatable bonds is 6. The van der Waals surface area contributed by atoms with E-state index in [0.717, 1.165) is 0 Å². The number of anilines is 1. The van der Waals surface area contributed by atoms with E-state index in [1.54, 1.807) is 47.2 Å². The number of aromatic nitrogens is 6. The molecular weight excluding hydrogens is 394 g/mol. The topological polar surface area (TPSA) is 119 Å². The number of nitrogens with two attached hydrogens (primary N) is 1. The van der Waals surface area contributed by atoms with Gasteiger partial charge in [-0.15, -0.1) is 0 Å². The molecule has 11 heteroatoms. The molecule has 0 bridgehead atoms. The van der Waals surface area contributed by atoms with Gasteiger partial charge in [-0.1, -0.05) is 17.7 Å². The second-order valence-electron chi connectivity index (χ2n) is 6.56. The highest BCUT2D eigenvalue weighted by atomic mass is 35.5. The number of halogens is 1. The lowest BCUT2D eigenvalue weighted by Gasteiger charge is -2.27. The summed E-state index contributed by atoms with van der Waals surface area (Å²) in [5, 5.41) is 9.85. The minimum Gasteiger partial charge on any atom is -0.357 e. The molecule has 10 nitrogen and oxygen atoms in total. The third-order valence-corrected chi connectivity index (χ3v) is 4.90. The van der Waals surface area contributed by atoms with Gasteiger partial charge in [0.1, 0.15) is 6.33 Å². The Hall–Kier alpha value is -3.24. The Bertz CT molecular complexity index is 1240. The van der Waals surface area contributed by atoms with Crippen LogP contribution in [0.3, 0.4) is 0 Å². The van der Waals surface area contributed by atoms with Crippen LogP contribution in [0.1, 0.15) is 18.8 Å². The van der Waals surface area contributed by atoms with E-state index in [1.807, 2.05) is 6.92 Å². The maximum atomic E-state index is 13.3. The van der Waals surface area contributed by atoms with Gasteiger partial charge in [-0.3, -0.25) is 4.79 Å². The van der Waals surface area contributed by atoms with E-state index in [4.69, 9.17) is 22.3 Å². The molecule has 0 amide bonds. The highest BCUT2D eigenvalue weighted by molar-refractivity contribution is 6.35. The normalized spacial score (nSPS) is 12.4. The van der Waals surface area contributed by atoms with Crippen LogP contribution in [0.2, 0.25) is 5.02 Å². The van der Waals surface area contributed by atoms with Crippen molar-refractivity contribution < 1.29 is 0 Å². The van der Waals surface area contributed by atoms with Crippen molar-refractivity contribution in [1.29, 1.82) is 0 Å². The second-order valence-corrected chi connectivity index (χ2v) is 6.97. The average Bonchev–Trinajstić information content (AvgIpc) is 3.17. The molecule has 0 aliphatic rings. The van der Waals surface area contributed by atoms with Gasteiger partial charge < -0.3 is 16.1 Å². The first-order valence-corrected chi connectivity index (χ1v) is 9.42. The molecule has 4 aromatic rings. The smallest absolute Gasteiger partial charge is 0.281 e. The van der Waals surface area contributed by atoms with Crippen LogP contribution in [0, 0.1) is 0 Å². The molecule has 1 unspecified atom stereocenters. The van der Waals surface area contributed by atoms with Crippen molar-refractivity contribution in [3.8, 4) is 0 Å². The van der Waals surface area contributed by atoms with E-state index in [-0.39, 0.29) is 11.6 Å². The summed E-state index contributed by atoms with van der Waals surface area (Å²) in [5.74, 6) is 1.04. The Labute approximate surface area is 170 Å². The lowest BCUT2D eigenvalue weighted by molar-refractivity contribution is 0.569. The lowest BCUT2D eigenvalue weighted by atomic mass is 10.2. The number of fused-ring (bicyclic) bond motifs is 2. The van der Waals surface area contributed by atoms with Crippen LogP contribution < -0.4 is 21.6 Å². The predicted molar refractivity (Wildman–Crippen MR) is 112 cm³/mol. The van der Waals surface area contributed by atoms with Crippen molar-refractivity contribution in [3.63, 3.8) is 0 Å². The summed E-state index contributed by atoms with van der Waals surface area (Å²) in [7, 11) is 1.78. The minimum atomic E-state index is -0.373. The van der Waals surface area contributed by atoms with Crippen LogP contribution in [-0.2, 0) is 0 Å². The average molecular weight is 414 g/mol. The summed E-state index contributed by atoms with van der Waals surface area (Å²) >= 11 is 6.29. The lowest BCUT2D eigenvalue weighted by Crippen LogP contribution is -2.45. The van der Waals surface area contributed by atoms with Crippen molar-refractivity contribution in [3.05, 3.63) is 58.1 Å². The third-order valence-electron chi connectivity index (χ3n) is 4.58. The molecule has 3 aromatic heterocycles. The molecule has 1 aromatic carbocycles. The molecule has 4 rings (SSSR count). The summed E-state index contributed by atoms with van der Waals surface area (Å²) in [6.45, 7) is 2.74. The van der Waals surface area contributed by atoms with Gasteiger partial charge in [-0.25, -0.2) is 24.1 Å². The monoisotopic (exact) mass is 413 g/mol. The summed E-state index contributed by atoms with van der Waals surface area (Å²) in [6, 6.07) is 4.84. The summed E-state index contributed by atoms with van der Waals surface area (Å²) < 4.78 is 3.12. The van der Waals surface area contributed by atoms with Crippen LogP contribution in [0.5, 0.6) is 0 Å². The van der Waals surface area contributed by atoms with Gasteiger partial charge in [0.05, 0.1) is 22.0 Å². The Morgan fingerprint density at radius 1 is 1.34 bits per heavy atom. The Morgan fingerprint density at radius 3 is 2.97 bits per heavy atom. The zero-order chi connectivity index (χ0) is 20.5. The fourth-order valence-corrected chi connectivity index (χ4v) is 3.47. The molecule has 0 fully saturated rings.